The summed E-state index contributed by atoms with van der Waals surface area (Å²) in [5.74, 6) is -0.432. The van der Waals surface area contributed by atoms with E-state index in [0.717, 1.165) is 0 Å². The summed E-state index contributed by atoms with van der Waals surface area (Å²) in [4.78, 5) is 0.539. The molecule has 0 aliphatic heterocycles. The second kappa shape index (κ2) is 9.02. The van der Waals surface area contributed by atoms with E-state index in [1.165, 1.54) is 18.0 Å². The van der Waals surface area contributed by atoms with Gasteiger partial charge in [-0.25, -0.2) is 21.5 Å². The van der Waals surface area contributed by atoms with Crippen LogP contribution < -0.4 is 8.61 Å². The van der Waals surface area contributed by atoms with Crippen molar-refractivity contribution in [1.29, 1.82) is 5.26 Å². The Bertz CT molecular complexity index is 1450. The summed E-state index contributed by atoms with van der Waals surface area (Å²) in [6.07, 6.45) is 1.08. The molecule has 10 nitrogen and oxygen atoms in total. The molecule has 0 saturated heterocycles. The minimum Gasteiger partial charge on any atom is -0.356 e. The zero-order chi connectivity index (χ0) is 29.0. The number of rotatable bonds is 9. The molecular weight excluding hydrogens is 614 g/mol. The van der Waals surface area contributed by atoms with E-state index in [1.54, 1.807) is 19.0 Å². The fourth-order valence-corrected chi connectivity index (χ4v) is 7.57. The van der Waals surface area contributed by atoms with Gasteiger partial charge in [0.05, 0.1) is 22.6 Å². The number of likely N-dealkylation sites (N-methyl/N-ethyl adjacent to an activating group) is 2. The number of nitrogens with zero attached hydrogens (tertiary/aromatic N) is 6. The summed E-state index contributed by atoms with van der Waals surface area (Å²) < 4.78 is 118. The number of anilines is 2. The lowest BCUT2D eigenvalue weighted by atomic mass is 10.3. The van der Waals surface area contributed by atoms with Crippen molar-refractivity contribution < 1.29 is 36.3 Å². The van der Waals surface area contributed by atoms with Gasteiger partial charge < -0.3 is 9.80 Å². The molecule has 0 spiro atoms. The molecule has 0 amide bonds. The maximum absolute atomic E-state index is 13.4. The third kappa shape index (κ3) is 6.89. The molecule has 0 bridgehead atoms. The van der Waals surface area contributed by atoms with Gasteiger partial charge in [-0.1, -0.05) is 42.6 Å². The second-order valence-corrected chi connectivity index (χ2v) is 15.3. The van der Waals surface area contributed by atoms with Crippen molar-refractivity contribution in [3.63, 3.8) is 0 Å². The first-order chi connectivity index (χ1) is 16.3. The van der Waals surface area contributed by atoms with E-state index in [4.69, 9.17) is 23.2 Å². The third-order valence-corrected chi connectivity index (χ3v) is 9.52. The number of nitriles is 1. The molecular formula is C17H21Cl2F5N6O4S3. The van der Waals surface area contributed by atoms with Crippen LogP contribution in [0, 0.1) is 11.3 Å². The summed E-state index contributed by atoms with van der Waals surface area (Å²) in [6.45, 7) is 0.322. The number of hydrogen-bond acceptors (Lipinski definition) is 8. The molecule has 0 saturated carbocycles. The molecule has 0 unspecified atom stereocenters. The van der Waals surface area contributed by atoms with Gasteiger partial charge in [0, 0.05) is 20.1 Å². The first kappa shape index (κ1) is 31.2. The minimum atomic E-state index is -10.2. The van der Waals surface area contributed by atoms with Crippen molar-refractivity contribution in [2.75, 3.05) is 55.4 Å². The SMILES string of the molecule is CN(C)CCN(C)c1c(N(S(C)(=O)=O)S(C)(=O)=O)c(C#N)nn1-c1c(Cl)cc(S(F)(F)(F)(F)F)cc1Cl. The van der Waals surface area contributed by atoms with E-state index in [1.807, 2.05) is 0 Å². The Morgan fingerprint density at radius 1 is 0.973 bits per heavy atom. The van der Waals surface area contributed by atoms with Crippen LogP contribution in [0.25, 0.3) is 5.69 Å². The van der Waals surface area contributed by atoms with Crippen LogP contribution in [0.2, 0.25) is 10.0 Å². The quantitative estimate of drug-likeness (QED) is 0.372. The number of halogens is 7. The smallest absolute Gasteiger partial charge is 0.310 e. The summed E-state index contributed by atoms with van der Waals surface area (Å²) in [5.41, 5.74) is -2.19. The monoisotopic (exact) mass is 634 g/mol. The van der Waals surface area contributed by atoms with Crippen LogP contribution in [-0.2, 0) is 20.0 Å². The molecule has 1 aromatic heterocycles. The van der Waals surface area contributed by atoms with E-state index >= 15 is 0 Å². The topological polar surface area (TPSA) is 120 Å². The normalized spacial score (nSPS) is 14.7. The lowest BCUT2D eigenvalue weighted by Crippen LogP contribution is -2.37. The summed E-state index contributed by atoms with van der Waals surface area (Å²) in [6, 6.07) is 1.36. The summed E-state index contributed by atoms with van der Waals surface area (Å²) in [7, 11) is -14.8. The molecule has 2 rings (SSSR count). The van der Waals surface area contributed by atoms with Crippen molar-refractivity contribution >= 4 is 65.0 Å². The molecule has 37 heavy (non-hydrogen) atoms. The van der Waals surface area contributed by atoms with Gasteiger partial charge in [-0.05, 0) is 26.2 Å². The maximum atomic E-state index is 13.4. The largest absolute Gasteiger partial charge is 0.356 e. The molecule has 0 N–H and O–H groups in total. The van der Waals surface area contributed by atoms with Crippen LogP contribution in [0.1, 0.15) is 5.69 Å². The molecule has 1 aromatic carbocycles. The van der Waals surface area contributed by atoms with E-state index in [0.29, 0.717) is 17.2 Å². The van der Waals surface area contributed by atoms with Crippen LogP contribution in [0.15, 0.2) is 17.0 Å². The van der Waals surface area contributed by atoms with Gasteiger partial charge in [0.1, 0.15) is 22.3 Å². The van der Waals surface area contributed by atoms with Crippen LogP contribution >= 0.6 is 33.4 Å². The van der Waals surface area contributed by atoms with E-state index < -0.39 is 68.1 Å². The van der Waals surface area contributed by atoms with Crippen LogP contribution in [0.3, 0.4) is 0 Å². The fraction of sp³-hybridized carbons (Fsp3) is 0.412. The Morgan fingerprint density at radius 2 is 1.43 bits per heavy atom. The Hall–Kier alpha value is -2.04. The third-order valence-electron chi connectivity index (χ3n) is 4.62. The van der Waals surface area contributed by atoms with Gasteiger partial charge in [-0.3, -0.25) is 0 Å². The molecule has 210 valence electrons. The maximum Gasteiger partial charge on any atom is 0.310 e. The second-order valence-electron chi connectivity index (χ2n) is 8.20. The Morgan fingerprint density at radius 3 is 1.78 bits per heavy atom. The standard InChI is InChI=1S/C17H21Cl2F5N6O4S3/c1-27(2)6-7-28(3)17-16(30(35(4,31)32)36(5,33)34)14(10-25)26-29(17)15-12(18)8-11(9-13(15)19)37(20,21,22,23)24/h8-9H,6-7H2,1-5H3. The lowest BCUT2D eigenvalue weighted by Gasteiger charge is -2.40. The highest BCUT2D eigenvalue weighted by Gasteiger charge is 2.65. The van der Waals surface area contributed by atoms with Gasteiger partial charge in [0.2, 0.25) is 20.0 Å². The van der Waals surface area contributed by atoms with Crippen molar-refractivity contribution in [3.8, 4) is 11.8 Å². The van der Waals surface area contributed by atoms with Gasteiger partial charge in [0.25, 0.3) is 0 Å². The number of sulfonamides is 2. The average Bonchev–Trinajstić information content (AvgIpc) is 2.99. The van der Waals surface area contributed by atoms with E-state index in [-0.39, 0.29) is 28.9 Å². The van der Waals surface area contributed by atoms with Gasteiger partial charge in [-0.15, -0.1) is 0 Å². The predicted octanol–water partition coefficient (Wildman–Crippen LogP) is 4.43. The van der Waals surface area contributed by atoms with Gasteiger partial charge in [-0.2, -0.15) is 14.1 Å². The molecule has 0 fully saturated rings. The highest BCUT2D eigenvalue weighted by Crippen LogP contribution is 3.02. The summed E-state index contributed by atoms with van der Waals surface area (Å²) in [5, 5.41) is 11.5. The van der Waals surface area contributed by atoms with Gasteiger partial charge >= 0.3 is 10.2 Å². The Balaban J connectivity index is 3.08. The van der Waals surface area contributed by atoms with Crippen LogP contribution in [-0.4, -0.2) is 78.3 Å². The molecule has 2 aromatic rings. The van der Waals surface area contributed by atoms with Gasteiger partial charge in [0.15, 0.2) is 11.5 Å². The highest BCUT2D eigenvalue weighted by atomic mass is 35.5. The van der Waals surface area contributed by atoms with E-state index in [9.17, 15) is 41.5 Å². The molecule has 0 aliphatic rings. The number of hydrogen-bond donors (Lipinski definition) is 0. The first-order valence-corrected chi connectivity index (χ1v) is 16.0. The molecule has 0 aliphatic carbocycles. The first-order valence-electron chi connectivity index (χ1n) is 9.62. The summed E-state index contributed by atoms with van der Waals surface area (Å²) >= 11 is 11.9. The zero-order valence-electron chi connectivity index (χ0n) is 19.8. The van der Waals surface area contributed by atoms with Crippen LogP contribution in [0.5, 0.6) is 0 Å². The van der Waals surface area contributed by atoms with Crippen molar-refractivity contribution in [1.82, 2.24) is 14.7 Å². The molecule has 0 radical (unpaired) electrons. The Labute approximate surface area is 220 Å². The van der Waals surface area contributed by atoms with Crippen molar-refractivity contribution in [3.05, 3.63) is 27.9 Å². The zero-order valence-corrected chi connectivity index (χ0v) is 23.7. The lowest BCUT2D eigenvalue weighted by molar-refractivity contribution is 0.364. The number of aromatic nitrogens is 2. The van der Waals surface area contributed by atoms with E-state index in [2.05, 4.69) is 5.10 Å². The molecule has 1 heterocycles. The van der Waals surface area contributed by atoms with Crippen LogP contribution in [0.4, 0.5) is 30.9 Å². The average molecular weight is 635 g/mol. The van der Waals surface area contributed by atoms with Crippen molar-refractivity contribution in [2.24, 2.45) is 0 Å². The number of benzene rings is 1. The predicted molar refractivity (Wildman–Crippen MR) is 134 cm³/mol. The highest BCUT2D eigenvalue weighted by molar-refractivity contribution is 8.45. The molecule has 20 heteroatoms. The minimum absolute atomic E-state index is 0.0384. The fourth-order valence-electron chi connectivity index (χ4n) is 3.14. The molecule has 0 atom stereocenters. The Kier molecular flexibility index (Phi) is 7.60. The van der Waals surface area contributed by atoms with Crippen molar-refractivity contribution in [2.45, 2.75) is 4.90 Å².